The number of ether oxygens (including phenoxy) is 1. The fourth-order valence-corrected chi connectivity index (χ4v) is 3.53. The van der Waals surface area contributed by atoms with Gasteiger partial charge in [-0.2, -0.15) is 4.98 Å². The molecule has 1 aliphatic heterocycles. The summed E-state index contributed by atoms with van der Waals surface area (Å²) in [6.07, 6.45) is 1.81. The summed E-state index contributed by atoms with van der Waals surface area (Å²) in [4.78, 5) is 13.9. The molecule has 1 N–H and O–H groups in total. The number of hydrogen-bond donors (Lipinski definition) is 1. The lowest BCUT2D eigenvalue weighted by Crippen LogP contribution is -2.46. The van der Waals surface area contributed by atoms with Crippen LogP contribution in [-0.2, 0) is 6.54 Å². The molecular weight excluding hydrogens is 362 g/mol. The Labute approximate surface area is 172 Å². The SMILES string of the molecule is CCOc1ccccc1Nc1nccc(N2CCN(Cc3ccccc3)CC2)n1. The Balaban J connectivity index is 1.38. The second-order valence-corrected chi connectivity index (χ2v) is 7.04. The van der Waals surface area contributed by atoms with Crippen LogP contribution >= 0.6 is 0 Å². The molecule has 0 spiro atoms. The number of anilines is 3. The van der Waals surface area contributed by atoms with Crippen molar-refractivity contribution in [2.24, 2.45) is 0 Å². The molecule has 3 aromatic rings. The van der Waals surface area contributed by atoms with Crippen LogP contribution in [0.25, 0.3) is 0 Å². The third-order valence-corrected chi connectivity index (χ3v) is 5.02. The molecule has 2 heterocycles. The lowest BCUT2D eigenvalue weighted by atomic mass is 10.2. The van der Waals surface area contributed by atoms with E-state index in [0.717, 1.165) is 50.0 Å². The third-order valence-electron chi connectivity index (χ3n) is 5.02. The van der Waals surface area contributed by atoms with E-state index >= 15 is 0 Å². The van der Waals surface area contributed by atoms with Crippen LogP contribution in [0.1, 0.15) is 12.5 Å². The number of para-hydroxylation sites is 2. The highest BCUT2D eigenvalue weighted by molar-refractivity contribution is 5.63. The van der Waals surface area contributed by atoms with Gasteiger partial charge in [-0.25, -0.2) is 4.98 Å². The van der Waals surface area contributed by atoms with Gasteiger partial charge in [0.05, 0.1) is 12.3 Å². The standard InChI is InChI=1S/C23H27N5O/c1-2-29-21-11-7-6-10-20(21)25-23-24-13-12-22(26-23)28-16-14-27(15-17-28)18-19-8-4-3-5-9-19/h3-13H,2,14-18H2,1H3,(H,24,25,26). The normalized spacial score (nSPS) is 14.6. The highest BCUT2D eigenvalue weighted by Crippen LogP contribution is 2.26. The number of hydrogen-bond acceptors (Lipinski definition) is 6. The van der Waals surface area contributed by atoms with Crippen molar-refractivity contribution in [1.82, 2.24) is 14.9 Å². The summed E-state index contributed by atoms with van der Waals surface area (Å²) in [5.41, 5.74) is 2.24. The summed E-state index contributed by atoms with van der Waals surface area (Å²) in [7, 11) is 0. The molecule has 1 saturated heterocycles. The van der Waals surface area contributed by atoms with Gasteiger partial charge >= 0.3 is 0 Å². The largest absolute Gasteiger partial charge is 0.492 e. The minimum Gasteiger partial charge on any atom is -0.492 e. The van der Waals surface area contributed by atoms with E-state index in [1.807, 2.05) is 43.5 Å². The fraction of sp³-hybridized carbons (Fsp3) is 0.304. The molecule has 1 aliphatic rings. The Morgan fingerprint density at radius 1 is 0.931 bits per heavy atom. The average Bonchev–Trinajstić information content (AvgIpc) is 2.77. The van der Waals surface area contributed by atoms with Gasteiger partial charge in [-0.1, -0.05) is 42.5 Å². The van der Waals surface area contributed by atoms with Crippen LogP contribution in [0.15, 0.2) is 66.9 Å². The zero-order chi connectivity index (χ0) is 19.9. The smallest absolute Gasteiger partial charge is 0.229 e. The van der Waals surface area contributed by atoms with E-state index in [1.54, 1.807) is 0 Å². The van der Waals surface area contributed by atoms with E-state index in [1.165, 1.54) is 5.56 Å². The zero-order valence-corrected chi connectivity index (χ0v) is 16.8. The number of piperazine rings is 1. The molecule has 6 heteroatoms. The highest BCUT2D eigenvalue weighted by Gasteiger charge is 2.18. The Morgan fingerprint density at radius 3 is 2.48 bits per heavy atom. The fourth-order valence-electron chi connectivity index (χ4n) is 3.53. The number of nitrogens with one attached hydrogen (secondary N) is 1. The molecule has 0 atom stereocenters. The molecular formula is C23H27N5O. The van der Waals surface area contributed by atoms with E-state index in [2.05, 4.69) is 50.4 Å². The molecule has 0 radical (unpaired) electrons. The van der Waals surface area contributed by atoms with Crippen LogP contribution < -0.4 is 15.0 Å². The predicted octanol–water partition coefficient (Wildman–Crippen LogP) is 3.94. The molecule has 150 valence electrons. The van der Waals surface area contributed by atoms with Crippen molar-refractivity contribution in [2.45, 2.75) is 13.5 Å². The maximum atomic E-state index is 5.68. The van der Waals surface area contributed by atoms with Gasteiger partial charge in [0, 0.05) is 38.9 Å². The molecule has 29 heavy (non-hydrogen) atoms. The molecule has 0 amide bonds. The monoisotopic (exact) mass is 389 g/mol. The second-order valence-electron chi connectivity index (χ2n) is 7.04. The van der Waals surface area contributed by atoms with Gasteiger partial charge in [-0.3, -0.25) is 4.90 Å². The Kier molecular flexibility index (Phi) is 6.22. The Morgan fingerprint density at radius 2 is 1.69 bits per heavy atom. The number of benzene rings is 2. The summed E-state index contributed by atoms with van der Waals surface area (Å²) in [6, 6.07) is 20.5. The zero-order valence-electron chi connectivity index (χ0n) is 16.8. The second kappa shape index (κ2) is 9.39. The van der Waals surface area contributed by atoms with Gasteiger partial charge in [-0.05, 0) is 30.7 Å². The summed E-state index contributed by atoms with van der Waals surface area (Å²) >= 11 is 0. The van der Waals surface area contributed by atoms with Crippen LogP contribution in [0.3, 0.4) is 0 Å². The average molecular weight is 390 g/mol. The minimum atomic E-state index is 0.585. The maximum Gasteiger partial charge on any atom is 0.229 e. The molecule has 0 saturated carbocycles. The quantitative estimate of drug-likeness (QED) is 0.661. The van der Waals surface area contributed by atoms with E-state index in [4.69, 9.17) is 9.72 Å². The summed E-state index contributed by atoms with van der Waals surface area (Å²) in [5, 5.41) is 3.29. The first kappa shape index (κ1) is 19.2. The van der Waals surface area contributed by atoms with Crippen molar-refractivity contribution < 1.29 is 4.74 Å². The predicted molar refractivity (Wildman–Crippen MR) is 117 cm³/mol. The van der Waals surface area contributed by atoms with Crippen LogP contribution in [0.2, 0.25) is 0 Å². The van der Waals surface area contributed by atoms with Crippen molar-refractivity contribution >= 4 is 17.5 Å². The van der Waals surface area contributed by atoms with E-state index < -0.39 is 0 Å². The van der Waals surface area contributed by atoms with Crippen LogP contribution in [0, 0.1) is 0 Å². The molecule has 1 aromatic heterocycles. The van der Waals surface area contributed by atoms with Gasteiger partial charge < -0.3 is 15.0 Å². The van der Waals surface area contributed by atoms with E-state index in [-0.39, 0.29) is 0 Å². The minimum absolute atomic E-state index is 0.585. The first-order valence-corrected chi connectivity index (χ1v) is 10.1. The molecule has 0 aliphatic carbocycles. The molecule has 2 aromatic carbocycles. The number of nitrogens with zero attached hydrogens (tertiary/aromatic N) is 4. The third kappa shape index (κ3) is 5.03. The summed E-state index contributed by atoms with van der Waals surface area (Å²) in [5.74, 6) is 2.34. The van der Waals surface area contributed by atoms with Gasteiger partial charge in [0.1, 0.15) is 11.6 Å². The molecule has 6 nitrogen and oxygen atoms in total. The summed E-state index contributed by atoms with van der Waals surface area (Å²) in [6.45, 7) is 7.55. The Hall–Kier alpha value is -3.12. The lowest BCUT2D eigenvalue weighted by molar-refractivity contribution is 0.249. The molecule has 1 fully saturated rings. The van der Waals surface area contributed by atoms with Gasteiger partial charge in [0.15, 0.2) is 0 Å². The van der Waals surface area contributed by atoms with Crippen LogP contribution in [-0.4, -0.2) is 47.7 Å². The Bertz CT molecular complexity index is 910. The number of aromatic nitrogens is 2. The first-order chi connectivity index (χ1) is 14.3. The topological polar surface area (TPSA) is 53.5 Å². The van der Waals surface area contributed by atoms with Gasteiger partial charge in [0.2, 0.25) is 5.95 Å². The van der Waals surface area contributed by atoms with E-state index in [9.17, 15) is 0 Å². The first-order valence-electron chi connectivity index (χ1n) is 10.1. The van der Waals surface area contributed by atoms with E-state index in [0.29, 0.717) is 12.6 Å². The van der Waals surface area contributed by atoms with Crippen molar-refractivity contribution in [2.75, 3.05) is 43.0 Å². The summed E-state index contributed by atoms with van der Waals surface area (Å²) < 4.78 is 5.68. The lowest BCUT2D eigenvalue weighted by Gasteiger charge is -2.35. The molecule has 0 unspecified atom stereocenters. The van der Waals surface area contributed by atoms with Gasteiger partial charge in [0.25, 0.3) is 0 Å². The van der Waals surface area contributed by atoms with Crippen molar-refractivity contribution in [3.63, 3.8) is 0 Å². The molecule has 4 rings (SSSR count). The van der Waals surface area contributed by atoms with Crippen molar-refractivity contribution in [3.8, 4) is 5.75 Å². The van der Waals surface area contributed by atoms with Gasteiger partial charge in [-0.15, -0.1) is 0 Å². The highest BCUT2D eigenvalue weighted by atomic mass is 16.5. The number of rotatable bonds is 7. The maximum absolute atomic E-state index is 5.68. The van der Waals surface area contributed by atoms with Crippen LogP contribution in [0.4, 0.5) is 17.5 Å². The van der Waals surface area contributed by atoms with Crippen molar-refractivity contribution in [1.29, 1.82) is 0 Å². The van der Waals surface area contributed by atoms with Crippen LogP contribution in [0.5, 0.6) is 5.75 Å². The molecule has 0 bridgehead atoms. The van der Waals surface area contributed by atoms with Crippen molar-refractivity contribution in [3.05, 3.63) is 72.4 Å².